The van der Waals surface area contributed by atoms with E-state index in [9.17, 15) is 9.36 Å². The van der Waals surface area contributed by atoms with Gasteiger partial charge in [-0.05, 0) is 12.8 Å². The van der Waals surface area contributed by atoms with E-state index >= 15 is 0 Å². The quantitative estimate of drug-likeness (QED) is 0.610. The Balaban J connectivity index is 2.21. The molecule has 0 atom stereocenters. The summed E-state index contributed by atoms with van der Waals surface area (Å²) in [4.78, 5) is 11.0. The Morgan fingerprint density at radius 1 is 1.55 bits per heavy atom. The summed E-state index contributed by atoms with van der Waals surface area (Å²) < 4.78 is 15.9. The van der Waals surface area contributed by atoms with Gasteiger partial charge in [-0.25, -0.2) is 0 Å². The van der Waals surface area contributed by atoms with E-state index in [-0.39, 0.29) is 18.3 Å². The molecule has 0 amide bonds. The topological polar surface area (TPSA) is 43.4 Å². The van der Waals surface area contributed by atoms with Crippen LogP contribution in [0.4, 0.5) is 0 Å². The normalized spacial score (nSPS) is 18.4. The lowest BCUT2D eigenvalue weighted by molar-refractivity contribution is -0.122. The number of ketones is 1. The molecule has 0 heterocycles. The van der Waals surface area contributed by atoms with Crippen molar-refractivity contribution in [2.45, 2.75) is 12.8 Å². The van der Waals surface area contributed by atoms with Gasteiger partial charge in [0, 0.05) is 19.2 Å². The van der Waals surface area contributed by atoms with E-state index in [0.717, 1.165) is 12.8 Å². The number of carbonyl (C=O) groups is 1. The smallest absolute Gasteiger partial charge is 0.197 e. The molecule has 0 aliphatic heterocycles. The number of hydrogen-bond acceptors (Lipinski definition) is 3. The van der Waals surface area contributed by atoms with Crippen LogP contribution in [0.3, 0.4) is 0 Å². The molecule has 0 bridgehead atoms. The van der Waals surface area contributed by atoms with Crippen molar-refractivity contribution in [1.29, 1.82) is 0 Å². The van der Waals surface area contributed by atoms with Gasteiger partial charge in [0.2, 0.25) is 0 Å². The van der Waals surface area contributed by atoms with Gasteiger partial charge in [0.05, 0.1) is 0 Å². The van der Waals surface area contributed by atoms with Crippen LogP contribution < -0.4 is 0 Å². The standard InChI is InChI=1S/C7H13O3P/c1-11(2,9)10-5-7(8)6-3-4-6/h6H,3-5H2,1-2H3. The monoisotopic (exact) mass is 176 g/mol. The van der Waals surface area contributed by atoms with Gasteiger partial charge in [-0.1, -0.05) is 0 Å². The lowest BCUT2D eigenvalue weighted by atomic mass is 10.3. The third-order valence-corrected chi connectivity index (χ3v) is 2.30. The Morgan fingerprint density at radius 2 is 2.09 bits per heavy atom. The Morgan fingerprint density at radius 3 is 2.45 bits per heavy atom. The minimum Gasteiger partial charge on any atom is -0.321 e. The molecule has 64 valence electrons. The third kappa shape index (κ3) is 3.68. The average Bonchev–Trinajstić information content (AvgIpc) is 2.61. The van der Waals surface area contributed by atoms with Crippen molar-refractivity contribution in [3.05, 3.63) is 0 Å². The molecule has 0 aromatic heterocycles. The molecule has 11 heavy (non-hydrogen) atoms. The van der Waals surface area contributed by atoms with Gasteiger partial charge < -0.3 is 4.52 Å². The Kier molecular flexibility index (Phi) is 2.50. The number of carbonyl (C=O) groups excluding carboxylic acids is 1. The SMILES string of the molecule is CP(C)(=O)OCC(=O)C1CC1. The molecule has 1 rings (SSSR count). The first-order valence-corrected chi connectivity index (χ1v) is 6.23. The van der Waals surface area contributed by atoms with E-state index in [1.165, 1.54) is 13.3 Å². The lowest BCUT2D eigenvalue weighted by Crippen LogP contribution is -2.08. The summed E-state index contributed by atoms with van der Waals surface area (Å²) in [5.74, 6) is 0.315. The van der Waals surface area contributed by atoms with Crippen molar-refractivity contribution in [1.82, 2.24) is 0 Å². The van der Waals surface area contributed by atoms with Crippen molar-refractivity contribution in [2.75, 3.05) is 19.9 Å². The highest BCUT2D eigenvalue weighted by molar-refractivity contribution is 7.57. The molecular weight excluding hydrogens is 163 g/mol. The Labute approximate surface area is 66.6 Å². The van der Waals surface area contributed by atoms with E-state index in [0.29, 0.717) is 0 Å². The number of Topliss-reactive ketones (excluding diaryl/α,β-unsaturated/α-hetero) is 1. The maximum absolute atomic E-state index is 11.0. The summed E-state index contributed by atoms with van der Waals surface area (Å²) in [6, 6.07) is 0. The predicted octanol–water partition coefficient (Wildman–Crippen LogP) is 1.52. The molecule has 1 fully saturated rings. The van der Waals surface area contributed by atoms with Crippen molar-refractivity contribution in [3.63, 3.8) is 0 Å². The maximum Gasteiger partial charge on any atom is 0.197 e. The summed E-state index contributed by atoms with van der Waals surface area (Å²) in [6.07, 6.45) is 1.97. The molecule has 0 aromatic carbocycles. The van der Waals surface area contributed by atoms with Gasteiger partial charge in [0.15, 0.2) is 13.2 Å². The van der Waals surface area contributed by atoms with Gasteiger partial charge in [-0.3, -0.25) is 9.36 Å². The van der Waals surface area contributed by atoms with Crippen molar-refractivity contribution < 1.29 is 13.9 Å². The van der Waals surface area contributed by atoms with Crippen LogP contribution in [0.1, 0.15) is 12.8 Å². The molecule has 0 N–H and O–H groups in total. The summed E-state index contributed by atoms with van der Waals surface area (Å²) in [5, 5.41) is 0. The molecule has 0 aromatic rings. The van der Waals surface area contributed by atoms with E-state index in [1.807, 2.05) is 0 Å². The third-order valence-electron chi connectivity index (χ3n) is 1.55. The zero-order valence-corrected chi connectivity index (χ0v) is 7.77. The second kappa shape index (κ2) is 3.08. The van der Waals surface area contributed by atoms with E-state index < -0.39 is 7.37 Å². The van der Waals surface area contributed by atoms with Crippen LogP contribution in [0.15, 0.2) is 0 Å². The minimum atomic E-state index is -2.45. The summed E-state index contributed by atoms with van der Waals surface area (Å²) in [6.45, 7) is 3.08. The Bertz CT molecular complexity index is 202. The lowest BCUT2D eigenvalue weighted by Gasteiger charge is -2.06. The van der Waals surface area contributed by atoms with Crippen molar-refractivity contribution in [2.24, 2.45) is 5.92 Å². The molecule has 3 nitrogen and oxygen atoms in total. The highest BCUT2D eigenvalue weighted by Crippen LogP contribution is 2.38. The molecule has 1 aliphatic rings. The zero-order valence-electron chi connectivity index (χ0n) is 6.87. The van der Waals surface area contributed by atoms with Crippen molar-refractivity contribution >= 4 is 13.2 Å². The van der Waals surface area contributed by atoms with Crippen LogP contribution in [0.5, 0.6) is 0 Å². The molecular formula is C7H13O3P. The van der Waals surface area contributed by atoms with Gasteiger partial charge in [0.1, 0.15) is 6.61 Å². The second-order valence-electron chi connectivity index (χ2n) is 3.27. The molecule has 1 aliphatic carbocycles. The fourth-order valence-corrected chi connectivity index (χ4v) is 1.18. The molecule has 1 saturated carbocycles. The first-order chi connectivity index (χ1) is 4.99. The summed E-state index contributed by atoms with van der Waals surface area (Å²) in [5.41, 5.74) is 0. The average molecular weight is 176 g/mol. The van der Waals surface area contributed by atoms with E-state index in [4.69, 9.17) is 4.52 Å². The number of hydrogen-bond donors (Lipinski definition) is 0. The van der Waals surface area contributed by atoms with Crippen LogP contribution in [0.2, 0.25) is 0 Å². The van der Waals surface area contributed by atoms with Crippen LogP contribution in [0, 0.1) is 5.92 Å². The molecule has 0 radical (unpaired) electrons. The highest BCUT2D eigenvalue weighted by Gasteiger charge is 2.30. The molecule has 4 heteroatoms. The highest BCUT2D eigenvalue weighted by atomic mass is 31.2. The maximum atomic E-state index is 11.0. The second-order valence-corrected chi connectivity index (χ2v) is 6.03. The first kappa shape index (κ1) is 8.95. The van der Waals surface area contributed by atoms with Crippen LogP contribution in [-0.4, -0.2) is 25.7 Å². The van der Waals surface area contributed by atoms with E-state index in [1.54, 1.807) is 0 Å². The predicted molar refractivity (Wildman–Crippen MR) is 43.1 cm³/mol. The molecule has 0 spiro atoms. The largest absolute Gasteiger partial charge is 0.321 e. The fourth-order valence-electron chi connectivity index (χ4n) is 0.742. The number of rotatable bonds is 4. The minimum absolute atomic E-state index is 0.0367. The van der Waals surface area contributed by atoms with Gasteiger partial charge in [0.25, 0.3) is 0 Å². The van der Waals surface area contributed by atoms with E-state index in [2.05, 4.69) is 0 Å². The van der Waals surface area contributed by atoms with Gasteiger partial charge in [-0.2, -0.15) is 0 Å². The molecule has 0 unspecified atom stereocenters. The molecule has 0 saturated heterocycles. The zero-order chi connectivity index (χ0) is 8.48. The summed E-state index contributed by atoms with van der Waals surface area (Å²) in [7, 11) is -2.45. The Hall–Kier alpha value is -0.140. The van der Waals surface area contributed by atoms with Crippen LogP contribution in [-0.2, 0) is 13.9 Å². The van der Waals surface area contributed by atoms with Gasteiger partial charge in [-0.15, -0.1) is 0 Å². The fraction of sp³-hybridized carbons (Fsp3) is 0.857. The van der Waals surface area contributed by atoms with Gasteiger partial charge >= 0.3 is 0 Å². The van der Waals surface area contributed by atoms with Crippen molar-refractivity contribution in [3.8, 4) is 0 Å². The van der Waals surface area contributed by atoms with Crippen LogP contribution >= 0.6 is 7.37 Å². The first-order valence-electron chi connectivity index (χ1n) is 3.71. The van der Waals surface area contributed by atoms with Crippen LogP contribution in [0.25, 0.3) is 0 Å². The summed E-state index contributed by atoms with van der Waals surface area (Å²) >= 11 is 0.